The van der Waals surface area contributed by atoms with Gasteiger partial charge in [0.2, 0.25) is 0 Å². The highest BCUT2D eigenvalue weighted by atomic mass is 35.5. The first-order chi connectivity index (χ1) is 9.47. The van der Waals surface area contributed by atoms with Crippen molar-refractivity contribution in [3.8, 4) is 0 Å². The molecule has 1 aliphatic rings. The number of carbonyl (C=O) groups excluding carboxylic acids is 1. The number of carbonyl (C=O) groups is 1. The van der Waals surface area contributed by atoms with Crippen molar-refractivity contribution in [2.45, 2.75) is 19.9 Å². The lowest BCUT2D eigenvalue weighted by molar-refractivity contribution is 0.0718. The van der Waals surface area contributed by atoms with Crippen molar-refractivity contribution in [1.82, 2.24) is 15.3 Å². The fraction of sp³-hybridized carbons (Fsp3) is 0.533. The molecule has 0 aromatic heterocycles. The van der Waals surface area contributed by atoms with Gasteiger partial charge in [-0.15, -0.1) is 0 Å². The zero-order valence-corrected chi connectivity index (χ0v) is 13.1. The van der Waals surface area contributed by atoms with Gasteiger partial charge in [0.1, 0.15) is 0 Å². The van der Waals surface area contributed by atoms with E-state index < -0.39 is 0 Å². The molecular formula is C15H22ClN3O. The molecular weight excluding hydrogens is 274 g/mol. The molecule has 5 heteroatoms. The Morgan fingerprint density at radius 3 is 2.55 bits per heavy atom. The molecule has 1 unspecified atom stereocenters. The number of hydrazine groups is 1. The van der Waals surface area contributed by atoms with Crippen molar-refractivity contribution in [1.29, 1.82) is 0 Å². The Kier molecular flexibility index (Phi) is 5.16. The Balaban J connectivity index is 1.96. The molecule has 0 amide bonds. The molecule has 1 saturated heterocycles. The van der Waals surface area contributed by atoms with Crippen molar-refractivity contribution in [2.75, 3.05) is 33.2 Å². The van der Waals surface area contributed by atoms with Gasteiger partial charge >= 0.3 is 0 Å². The number of aryl methyl sites for hydroxylation is 1. The van der Waals surface area contributed by atoms with Crippen LogP contribution in [0.3, 0.4) is 0 Å². The van der Waals surface area contributed by atoms with Crippen LogP contribution in [0, 0.1) is 6.92 Å². The van der Waals surface area contributed by atoms with Crippen molar-refractivity contribution in [3.63, 3.8) is 0 Å². The number of piperazine rings is 1. The molecule has 1 heterocycles. The highest BCUT2D eigenvalue weighted by Gasteiger charge is 2.20. The van der Waals surface area contributed by atoms with Gasteiger partial charge in [0.15, 0.2) is 5.78 Å². The number of hydrogen-bond donors (Lipinski definition) is 1. The predicted molar refractivity (Wildman–Crippen MR) is 82.2 cm³/mol. The number of ketones is 1. The van der Waals surface area contributed by atoms with E-state index in [1.165, 1.54) is 0 Å². The number of benzene rings is 1. The molecule has 0 spiro atoms. The zero-order chi connectivity index (χ0) is 14.7. The highest BCUT2D eigenvalue weighted by Crippen LogP contribution is 2.17. The third-order valence-electron chi connectivity index (χ3n) is 3.72. The molecule has 1 N–H and O–H groups in total. The van der Waals surface area contributed by atoms with Gasteiger partial charge in [0, 0.05) is 36.8 Å². The third-order valence-corrected chi connectivity index (χ3v) is 4.14. The van der Waals surface area contributed by atoms with Gasteiger partial charge in [0.25, 0.3) is 0 Å². The van der Waals surface area contributed by atoms with E-state index in [0.717, 1.165) is 31.7 Å². The summed E-state index contributed by atoms with van der Waals surface area (Å²) >= 11 is 5.99. The van der Waals surface area contributed by atoms with Crippen molar-refractivity contribution < 1.29 is 4.79 Å². The smallest absolute Gasteiger partial charge is 0.180 e. The largest absolute Gasteiger partial charge is 0.304 e. The first-order valence-corrected chi connectivity index (χ1v) is 7.35. The minimum atomic E-state index is -0.223. The molecule has 4 nitrogen and oxygen atoms in total. The summed E-state index contributed by atoms with van der Waals surface area (Å²) in [5.74, 6) is 0.101. The summed E-state index contributed by atoms with van der Waals surface area (Å²) in [6.07, 6.45) is 0. The molecule has 0 bridgehead atoms. The summed E-state index contributed by atoms with van der Waals surface area (Å²) in [7, 11) is 2.11. The van der Waals surface area contributed by atoms with Crippen molar-refractivity contribution >= 4 is 17.4 Å². The molecule has 0 aliphatic carbocycles. The molecule has 1 aromatic carbocycles. The molecule has 110 valence electrons. The van der Waals surface area contributed by atoms with Crippen LogP contribution in [-0.2, 0) is 0 Å². The Morgan fingerprint density at radius 1 is 1.30 bits per heavy atom. The maximum absolute atomic E-state index is 12.4. The Hall–Kier alpha value is -0.940. The second-order valence-corrected chi connectivity index (χ2v) is 5.88. The number of likely N-dealkylation sites (N-methyl/N-ethyl adjacent to an activating group) is 1. The number of hydrogen-bond acceptors (Lipinski definition) is 4. The second kappa shape index (κ2) is 6.68. The molecule has 2 rings (SSSR count). The summed E-state index contributed by atoms with van der Waals surface area (Å²) in [5.41, 5.74) is 4.94. The lowest BCUT2D eigenvalue weighted by Gasteiger charge is -2.34. The Bertz CT molecular complexity index is 484. The van der Waals surface area contributed by atoms with Crippen LogP contribution < -0.4 is 5.43 Å². The molecule has 1 aromatic rings. The molecule has 0 radical (unpaired) electrons. The van der Waals surface area contributed by atoms with Gasteiger partial charge in [-0.3, -0.25) is 4.79 Å². The van der Waals surface area contributed by atoms with Gasteiger partial charge in [0.05, 0.1) is 6.04 Å². The molecule has 1 fully saturated rings. The number of rotatable bonds is 4. The average Bonchev–Trinajstić information content (AvgIpc) is 2.43. The number of nitrogens with one attached hydrogen (secondary N) is 1. The van der Waals surface area contributed by atoms with Crippen LogP contribution in [0.1, 0.15) is 22.8 Å². The van der Waals surface area contributed by atoms with Gasteiger partial charge in [-0.2, -0.15) is 0 Å². The molecule has 20 heavy (non-hydrogen) atoms. The van der Waals surface area contributed by atoms with E-state index in [9.17, 15) is 4.79 Å². The SMILES string of the molecule is Cc1cc(C(=O)C(C)NN2CCN(C)CC2)ccc1Cl. The normalized spacial score (nSPS) is 19.0. The van der Waals surface area contributed by atoms with Crippen LogP contribution >= 0.6 is 11.6 Å². The molecule has 0 saturated carbocycles. The lowest BCUT2D eigenvalue weighted by Crippen LogP contribution is -2.54. The number of Topliss-reactive ketones (excluding diaryl/α,β-unsaturated/α-hetero) is 1. The quantitative estimate of drug-likeness (QED) is 0.862. The maximum Gasteiger partial charge on any atom is 0.180 e. The van der Waals surface area contributed by atoms with Crippen LogP contribution in [0.5, 0.6) is 0 Å². The van der Waals surface area contributed by atoms with Crippen LogP contribution in [-0.4, -0.2) is 55.0 Å². The van der Waals surface area contributed by atoms with Gasteiger partial charge in [-0.25, -0.2) is 10.4 Å². The fourth-order valence-corrected chi connectivity index (χ4v) is 2.43. The van der Waals surface area contributed by atoms with E-state index in [1.807, 2.05) is 19.9 Å². The topological polar surface area (TPSA) is 35.6 Å². The highest BCUT2D eigenvalue weighted by molar-refractivity contribution is 6.31. The van der Waals surface area contributed by atoms with E-state index in [4.69, 9.17) is 11.6 Å². The van der Waals surface area contributed by atoms with Crippen molar-refractivity contribution in [3.05, 3.63) is 34.3 Å². The van der Waals surface area contributed by atoms with E-state index in [-0.39, 0.29) is 11.8 Å². The lowest BCUT2D eigenvalue weighted by atomic mass is 10.0. The third kappa shape index (κ3) is 3.79. The Morgan fingerprint density at radius 2 is 1.95 bits per heavy atom. The second-order valence-electron chi connectivity index (χ2n) is 5.47. The van der Waals surface area contributed by atoms with E-state index in [1.54, 1.807) is 12.1 Å². The van der Waals surface area contributed by atoms with E-state index >= 15 is 0 Å². The van der Waals surface area contributed by atoms with Gasteiger partial charge in [-0.05, 0) is 44.7 Å². The number of halogens is 1. The maximum atomic E-state index is 12.4. The van der Waals surface area contributed by atoms with Crippen LogP contribution in [0.4, 0.5) is 0 Å². The molecule has 1 aliphatic heterocycles. The predicted octanol–water partition coefficient (Wildman–Crippen LogP) is 1.97. The van der Waals surface area contributed by atoms with Crippen LogP contribution in [0.15, 0.2) is 18.2 Å². The fourth-order valence-electron chi connectivity index (χ4n) is 2.32. The summed E-state index contributed by atoms with van der Waals surface area (Å²) in [6.45, 7) is 7.74. The van der Waals surface area contributed by atoms with Crippen LogP contribution in [0.2, 0.25) is 5.02 Å². The minimum Gasteiger partial charge on any atom is -0.304 e. The van der Waals surface area contributed by atoms with Crippen LogP contribution in [0.25, 0.3) is 0 Å². The molecule has 1 atom stereocenters. The first-order valence-electron chi connectivity index (χ1n) is 6.97. The van der Waals surface area contributed by atoms with Gasteiger partial charge in [-0.1, -0.05) is 11.6 Å². The first kappa shape index (κ1) is 15.4. The average molecular weight is 296 g/mol. The minimum absolute atomic E-state index is 0.101. The van der Waals surface area contributed by atoms with Crippen molar-refractivity contribution in [2.24, 2.45) is 0 Å². The Labute approximate surface area is 125 Å². The zero-order valence-electron chi connectivity index (χ0n) is 12.3. The standard InChI is InChI=1S/C15H22ClN3O/c1-11-10-13(4-5-14(11)16)15(20)12(2)17-19-8-6-18(3)7-9-19/h4-5,10,12,17H,6-9H2,1-3H3. The summed E-state index contributed by atoms with van der Waals surface area (Å²) in [4.78, 5) is 14.7. The summed E-state index contributed by atoms with van der Waals surface area (Å²) in [5, 5.41) is 2.83. The van der Waals surface area contributed by atoms with Gasteiger partial charge < -0.3 is 4.90 Å². The monoisotopic (exact) mass is 295 g/mol. The summed E-state index contributed by atoms with van der Waals surface area (Å²) in [6, 6.07) is 5.21. The van der Waals surface area contributed by atoms with E-state index in [0.29, 0.717) is 10.6 Å². The summed E-state index contributed by atoms with van der Waals surface area (Å²) < 4.78 is 0. The number of nitrogens with zero attached hydrogens (tertiary/aromatic N) is 2. The van der Waals surface area contributed by atoms with E-state index in [2.05, 4.69) is 22.4 Å².